The van der Waals surface area contributed by atoms with Crippen molar-refractivity contribution in [3.63, 3.8) is 0 Å². The summed E-state index contributed by atoms with van der Waals surface area (Å²) in [4.78, 5) is 3.13. The molecule has 1 rings (SSSR count). The van der Waals surface area contributed by atoms with E-state index in [0.29, 0.717) is 5.02 Å². The third kappa shape index (κ3) is 1.36. The molecule has 0 aliphatic carbocycles. The smallest absolute Gasteiger partial charge is 0.206 e. The molecule has 0 fully saturated rings. The minimum atomic E-state index is 0.138. The first-order chi connectivity index (χ1) is 5.70. The molecule has 1 aromatic carbocycles. The van der Waals surface area contributed by atoms with Crippen molar-refractivity contribution in [1.82, 2.24) is 0 Å². The Balaban J connectivity index is 3.52. The summed E-state index contributed by atoms with van der Waals surface area (Å²) in [7, 11) is 0. The zero-order valence-electron chi connectivity index (χ0n) is 5.81. The van der Waals surface area contributed by atoms with E-state index < -0.39 is 0 Å². The molecule has 0 heterocycles. The van der Waals surface area contributed by atoms with Crippen molar-refractivity contribution in [2.24, 2.45) is 0 Å². The van der Waals surface area contributed by atoms with Gasteiger partial charge in [0, 0.05) is 0 Å². The summed E-state index contributed by atoms with van der Waals surface area (Å²) >= 11 is 11.3. The van der Waals surface area contributed by atoms with Crippen LogP contribution in [-0.2, 0) is 0 Å². The molecule has 0 spiro atoms. The number of halogens is 2. The summed E-state index contributed by atoms with van der Waals surface area (Å²) in [5, 5.41) is 9.06. The van der Waals surface area contributed by atoms with Gasteiger partial charge in [-0.05, 0) is 0 Å². The van der Waals surface area contributed by atoms with Crippen molar-refractivity contribution in [3.05, 3.63) is 39.2 Å². The molecular formula is C8H2Cl2N2. The van der Waals surface area contributed by atoms with Gasteiger partial charge in [0.1, 0.15) is 0 Å². The maximum Gasteiger partial charge on any atom is 0.206 e. The molecule has 0 bridgehead atoms. The van der Waals surface area contributed by atoms with E-state index >= 15 is 0 Å². The third-order valence-corrected chi connectivity index (χ3v) is 2.11. The molecule has 0 aliphatic rings. The fourth-order valence-corrected chi connectivity index (χ4v) is 1.10. The lowest BCUT2D eigenvalue weighted by molar-refractivity contribution is 1.49. The van der Waals surface area contributed by atoms with E-state index in [4.69, 9.17) is 35.0 Å². The summed E-state index contributed by atoms with van der Waals surface area (Å²) in [6.45, 7) is 6.73. The largest absolute Gasteiger partial charge is 0.237 e. The van der Waals surface area contributed by atoms with Gasteiger partial charge >= 0.3 is 0 Å². The van der Waals surface area contributed by atoms with Crippen molar-refractivity contribution in [2.45, 2.75) is 0 Å². The Morgan fingerprint density at radius 2 is 2.08 bits per heavy atom. The normalized spacial score (nSPS) is 8.67. The highest BCUT2D eigenvalue weighted by molar-refractivity contribution is 6.43. The Morgan fingerprint density at radius 1 is 1.42 bits per heavy atom. The Hall–Kier alpha value is -1.22. The first-order valence-electron chi connectivity index (χ1n) is 2.96. The van der Waals surface area contributed by atoms with Gasteiger partial charge in [0.25, 0.3) is 0 Å². The van der Waals surface area contributed by atoms with Crippen LogP contribution in [0.4, 0.5) is 5.69 Å². The van der Waals surface area contributed by atoms with E-state index in [1.54, 1.807) is 0 Å². The Bertz CT molecular complexity index is 399. The number of nitrogens with zero attached hydrogens (tertiary/aromatic N) is 2. The topological polar surface area (TPSA) is 28.1 Å². The summed E-state index contributed by atoms with van der Waals surface area (Å²) in [5.74, 6) is 0. The minimum Gasteiger partial charge on any atom is -0.237 e. The fourth-order valence-electron chi connectivity index (χ4n) is 0.740. The zero-order valence-corrected chi connectivity index (χ0v) is 7.32. The van der Waals surface area contributed by atoms with Crippen LogP contribution in [0.1, 0.15) is 5.56 Å². The van der Waals surface area contributed by atoms with Crippen LogP contribution in [0.15, 0.2) is 12.1 Å². The maximum atomic E-state index is 8.62. The molecule has 58 valence electrons. The number of rotatable bonds is 0. The van der Waals surface area contributed by atoms with E-state index in [1.807, 2.05) is 6.07 Å². The third-order valence-electron chi connectivity index (χ3n) is 1.31. The molecule has 0 saturated heterocycles. The average molecular weight is 197 g/mol. The molecular weight excluding hydrogens is 195 g/mol. The van der Waals surface area contributed by atoms with Gasteiger partial charge in [0.15, 0.2) is 0 Å². The lowest BCUT2D eigenvalue weighted by Crippen LogP contribution is -1.78. The van der Waals surface area contributed by atoms with Gasteiger partial charge in [0.2, 0.25) is 5.69 Å². The van der Waals surface area contributed by atoms with E-state index in [9.17, 15) is 0 Å². The van der Waals surface area contributed by atoms with Gasteiger partial charge in [0.05, 0.1) is 28.3 Å². The summed E-state index contributed by atoms with van der Waals surface area (Å²) < 4.78 is 0. The Morgan fingerprint density at radius 3 is 2.58 bits per heavy atom. The number of hydrogen-bond donors (Lipinski definition) is 0. The molecule has 0 N–H and O–H groups in total. The van der Waals surface area contributed by atoms with Crippen molar-refractivity contribution in [3.8, 4) is 6.07 Å². The second kappa shape index (κ2) is 3.45. The van der Waals surface area contributed by atoms with Crippen LogP contribution in [0.3, 0.4) is 0 Å². The van der Waals surface area contributed by atoms with Crippen LogP contribution in [0.2, 0.25) is 10.0 Å². The van der Waals surface area contributed by atoms with Crippen LogP contribution < -0.4 is 0 Å². The van der Waals surface area contributed by atoms with E-state index in [2.05, 4.69) is 4.85 Å². The lowest BCUT2D eigenvalue weighted by Gasteiger charge is -1.98. The maximum absolute atomic E-state index is 8.62. The van der Waals surface area contributed by atoms with Gasteiger partial charge in [-0.15, -0.1) is 0 Å². The summed E-state index contributed by atoms with van der Waals surface area (Å²) in [6, 6.07) is 4.80. The highest BCUT2D eigenvalue weighted by Gasteiger charge is 2.09. The molecule has 1 aromatic rings. The predicted molar refractivity (Wildman–Crippen MR) is 47.4 cm³/mol. The van der Waals surface area contributed by atoms with Gasteiger partial charge in [-0.1, -0.05) is 35.3 Å². The molecule has 2 nitrogen and oxygen atoms in total. The Kier molecular flexibility index (Phi) is 2.55. The summed E-state index contributed by atoms with van der Waals surface area (Å²) in [5.41, 5.74) is 0.367. The number of hydrogen-bond acceptors (Lipinski definition) is 1. The highest BCUT2D eigenvalue weighted by atomic mass is 35.5. The zero-order chi connectivity index (χ0) is 9.14. The van der Waals surface area contributed by atoms with Crippen LogP contribution >= 0.6 is 23.2 Å². The van der Waals surface area contributed by atoms with Crippen molar-refractivity contribution < 1.29 is 0 Å². The minimum absolute atomic E-state index is 0.138. The van der Waals surface area contributed by atoms with Gasteiger partial charge in [-0.25, -0.2) is 4.85 Å². The molecule has 12 heavy (non-hydrogen) atoms. The van der Waals surface area contributed by atoms with E-state index in [-0.39, 0.29) is 16.3 Å². The number of nitriles is 1. The molecule has 0 atom stereocenters. The quantitative estimate of drug-likeness (QED) is 0.585. The van der Waals surface area contributed by atoms with Crippen molar-refractivity contribution in [2.75, 3.05) is 0 Å². The van der Waals surface area contributed by atoms with Crippen LogP contribution in [-0.4, -0.2) is 0 Å². The Labute approximate surface area is 79.8 Å². The van der Waals surface area contributed by atoms with Crippen LogP contribution in [0.5, 0.6) is 0 Å². The standard InChI is InChI=1S/C8H2Cl2N2/c1-12-7-3-2-6(9)8(10)5(7)4-11/h2-3H. The number of benzene rings is 1. The first-order valence-corrected chi connectivity index (χ1v) is 3.72. The van der Waals surface area contributed by atoms with E-state index in [1.165, 1.54) is 12.1 Å². The SMILES string of the molecule is [C-]#[N+]c1ccc(Cl)c(Cl)c1C#N. The van der Waals surface area contributed by atoms with Gasteiger partial charge in [-0.2, -0.15) is 5.26 Å². The van der Waals surface area contributed by atoms with E-state index in [0.717, 1.165) is 0 Å². The van der Waals surface area contributed by atoms with Gasteiger partial charge in [-0.3, -0.25) is 0 Å². The van der Waals surface area contributed by atoms with Gasteiger partial charge < -0.3 is 0 Å². The van der Waals surface area contributed by atoms with Crippen molar-refractivity contribution in [1.29, 1.82) is 5.26 Å². The molecule has 4 heteroatoms. The monoisotopic (exact) mass is 196 g/mol. The predicted octanol–water partition coefficient (Wildman–Crippen LogP) is 3.42. The van der Waals surface area contributed by atoms with Crippen LogP contribution in [0, 0.1) is 17.9 Å². The first kappa shape index (κ1) is 8.87. The summed E-state index contributed by atoms with van der Waals surface area (Å²) in [6.07, 6.45) is 0. The second-order valence-corrected chi connectivity index (χ2v) is 2.76. The fraction of sp³-hybridized carbons (Fsp3) is 0. The second-order valence-electron chi connectivity index (χ2n) is 1.98. The molecule has 0 unspecified atom stereocenters. The molecule has 0 amide bonds. The molecule has 0 aromatic heterocycles. The highest BCUT2D eigenvalue weighted by Crippen LogP contribution is 2.32. The average Bonchev–Trinajstić information content (AvgIpc) is 2.09. The molecule has 0 saturated carbocycles. The van der Waals surface area contributed by atoms with Crippen LogP contribution in [0.25, 0.3) is 4.85 Å². The van der Waals surface area contributed by atoms with Crippen molar-refractivity contribution >= 4 is 28.9 Å². The lowest BCUT2D eigenvalue weighted by atomic mass is 10.2. The molecule has 0 radical (unpaired) electrons. The molecule has 0 aliphatic heterocycles.